The van der Waals surface area contributed by atoms with Crippen LogP contribution in [0.2, 0.25) is 0 Å². The van der Waals surface area contributed by atoms with Gasteiger partial charge in [-0.1, -0.05) is 0 Å². The van der Waals surface area contributed by atoms with Gasteiger partial charge in [-0.2, -0.15) is 0 Å². The average Bonchev–Trinajstić information content (AvgIpc) is 2.19. The molecule has 0 radical (unpaired) electrons. The van der Waals surface area contributed by atoms with Crippen LogP contribution in [-0.4, -0.2) is 58.1 Å². The van der Waals surface area contributed by atoms with Crippen molar-refractivity contribution < 1.29 is 25.2 Å². The number of ether oxygens (including phenoxy) is 1. The molecule has 1 rings (SSSR count). The number of rotatable bonds is 3. The lowest BCUT2D eigenvalue weighted by Gasteiger charge is -2.39. The summed E-state index contributed by atoms with van der Waals surface area (Å²) >= 11 is 0. The molecular formula is C9H18O5. The molecule has 84 valence electrons. The summed E-state index contributed by atoms with van der Waals surface area (Å²) in [5.41, 5.74) is 0. The maximum absolute atomic E-state index is 9.54. The van der Waals surface area contributed by atoms with Crippen molar-refractivity contribution in [2.45, 2.75) is 37.8 Å². The zero-order chi connectivity index (χ0) is 10.7. The number of aliphatic hydroxyl groups excluding tert-OH is 4. The zero-order valence-corrected chi connectivity index (χ0v) is 8.21. The molecule has 2 unspecified atom stereocenters. The van der Waals surface area contributed by atoms with E-state index in [0.29, 0.717) is 13.0 Å². The Morgan fingerprint density at radius 2 is 1.79 bits per heavy atom. The van der Waals surface area contributed by atoms with E-state index in [1.165, 1.54) is 0 Å². The van der Waals surface area contributed by atoms with E-state index in [4.69, 9.17) is 9.84 Å². The van der Waals surface area contributed by atoms with Gasteiger partial charge in [-0.05, 0) is 13.3 Å². The highest BCUT2D eigenvalue weighted by molar-refractivity contribution is 4.92. The van der Waals surface area contributed by atoms with Gasteiger partial charge in [0.1, 0.15) is 12.2 Å². The summed E-state index contributed by atoms with van der Waals surface area (Å²) in [5.74, 6) is -0.426. The van der Waals surface area contributed by atoms with Crippen LogP contribution in [0.3, 0.4) is 0 Å². The highest BCUT2D eigenvalue weighted by Gasteiger charge is 2.42. The van der Waals surface area contributed by atoms with E-state index in [-0.39, 0.29) is 6.61 Å². The Balaban J connectivity index is 2.63. The summed E-state index contributed by atoms with van der Waals surface area (Å²) in [5, 5.41) is 37.4. The molecule has 0 aromatic carbocycles. The first kappa shape index (κ1) is 11.9. The van der Waals surface area contributed by atoms with Crippen molar-refractivity contribution >= 4 is 0 Å². The molecule has 5 nitrogen and oxygen atoms in total. The van der Waals surface area contributed by atoms with Crippen LogP contribution in [0.4, 0.5) is 0 Å². The maximum atomic E-state index is 9.54. The van der Waals surface area contributed by atoms with Gasteiger partial charge in [0.25, 0.3) is 0 Å². The van der Waals surface area contributed by atoms with Crippen LogP contribution < -0.4 is 0 Å². The van der Waals surface area contributed by atoms with Gasteiger partial charge >= 0.3 is 0 Å². The first-order chi connectivity index (χ1) is 6.61. The molecule has 0 bridgehead atoms. The molecule has 5 heteroatoms. The quantitative estimate of drug-likeness (QED) is 0.450. The lowest BCUT2D eigenvalue weighted by atomic mass is 9.81. The third-order valence-electron chi connectivity index (χ3n) is 2.71. The predicted molar refractivity (Wildman–Crippen MR) is 48.6 cm³/mol. The minimum Gasteiger partial charge on any atom is -0.396 e. The van der Waals surface area contributed by atoms with Crippen molar-refractivity contribution in [1.82, 2.24) is 0 Å². The highest BCUT2D eigenvalue weighted by Crippen LogP contribution is 2.27. The first-order valence-electron chi connectivity index (χ1n) is 4.88. The van der Waals surface area contributed by atoms with E-state index in [9.17, 15) is 15.3 Å². The van der Waals surface area contributed by atoms with E-state index in [0.717, 1.165) is 0 Å². The van der Waals surface area contributed by atoms with Gasteiger partial charge in [-0.25, -0.2) is 0 Å². The molecule has 0 amide bonds. The second kappa shape index (κ2) is 5.04. The summed E-state index contributed by atoms with van der Waals surface area (Å²) in [6.45, 7) is 2.01. The molecule has 0 saturated heterocycles. The van der Waals surface area contributed by atoms with Crippen molar-refractivity contribution in [3.63, 3.8) is 0 Å². The predicted octanol–water partition coefficient (Wildman–Crippen LogP) is -1.51. The van der Waals surface area contributed by atoms with E-state index < -0.39 is 30.3 Å². The van der Waals surface area contributed by atoms with Gasteiger partial charge in [0, 0.05) is 19.1 Å². The summed E-state index contributed by atoms with van der Waals surface area (Å²) in [6, 6.07) is 0. The van der Waals surface area contributed by atoms with Crippen LogP contribution in [0.1, 0.15) is 13.3 Å². The van der Waals surface area contributed by atoms with Gasteiger partial charge in [0.15, 0.2) is 0 Å². The minimum absolute atomic E-state index is 0.214. The molecule has 4 N–H and O–H groups in total. The summed E-state index contributed by atoms with van der Waals surface area (Å²) in [4.78, 5) is 0. The Bertz CT molecular complexity index is 171. The normalized spacial score (nSPS) is 43.9. The molecule has 1 aliphatic carbocycles. The number of hydrogen-bond donors (Lipinski definition) is 4. The standard InChI is InChI=1S/C9H18O5/c1-2-14-6-3-5(4-10)7(11)9(13)8(6)12/h5-13H,2-4H2,1H3/t5?,6-,7-,8?,9+/m1/s1. The lowest BCUT2D eigenvalue weighted by Crippen LogP contribution is -2.55. The third-order valence-corrected chi connectivity index (χ3v) is 2.71. The molecule has 0 spiro atoms. The second-order valence-electron chi connectivity index (χ2n) is 3.64. The Hall–Kier alpha value is -0.200. The fourth-order valence-electron chi connectivity index (χ4n) is 1.84. The van der Waals surface area contributed by atoms with Gasteiger partial charge in [0.05, 0.1) is 12.2 Å². The van der Waals surface area contributed by atoms with E-state index >= 15 is 0 Å². The van der Waals surface area contributed by atoms with Crippen LogP contribution in [0, 0.1) is 5.92 Å². The van der Waals surface area contributed by atoms with Crippen LogP contribution >= 0.6 is 0 Å². The second-order valence-corrected chi connectivity index (χ2v) is 3.64. The molecule has 0 aromatic rings. The average molecular weight is 206 g/mol. The molecule has 1 aliphatic rings. The van der Waals surface area contributed by atoms with Crippen molar-refractivity contribution in [2.24, 2.45) is 5.92 Å². The van der Waals surface area contributed by atoms with Crippen molar-refractivity contribution in [3.05, 3.63) is 0 Å². The fourth-order valence-corrected chi connectivity index (χ4v) is 1.84. The van der Waals surface area contributed by atoms with Crippen LogP contribution in [0.5, 0.6) is 0 Å². The van der Waals surface area contributed by atoms with Gasteiger partial charge in [0.2, 0.25) is 0 Å². The van der Waals surface area contributed by atoms with Crippen LogP contribution in [0.15, 0.2) is 0 Å². The van der Waals surface area contributed by atoms with Crippen molar-refractivity contribution in [1.29, 1.82) is 0 Å². The van der Waals surface area contributed by atoms with Crippen molar-refractivity contribution in [3.8, 4) is 0 Å². The smallest absolute Gasteiger partial charge is 0.109 e. The van der Waals surface area contributed by atoms with E-state index in [1.54, 1.807) is 6.92 Å². The maximum Gasteiger partial charge on any atom is 0.109 e. The Morgan fingerprint density at radius 1 is 1.14 bits per heavy atom. The van der Waals surface area contributed by atoms with Crippen molar-refractivity contribution in [2.75, 3.05) is 13.2 Å². The van der Waals surface area contributed by atoms with Gasteiger partial charge < -0.3 is 25.2 Å². The fraction of sp³-hybridized carbons (Fsp3) is 1.00. The SMILES string of the molecule is CCO[C@@H]1CC(CO)[C@@H](O)[C@H](O)C1O. The largest absolute Gasteiger partial charge is 0.396 e. The topological polar surface area (TPSA) is 90.2 Å². The van der Waals surface area contributed by atoms with Gasteiger partial charge in [-0.15, -0.1) is 0 Å². The Labute approximate surface area is 82.9 Å². The third kappa shape index (κ3) is 2.24. The molecule has 1 fully saturated rings. The zero-order valence-electron chi connectivity index (χ0n) is 8.21. The monoisotopic (exact) mass is 206 g/mol. The van der Waals surface area contributed by atoms with E-state index in [1.807, 2.05) is 0 Å². The molecule has 0 aromatic heterocycles. The Kier molecular flexibility index (Phi) is 4.28. The molecule has 0 aliphatic heterocycles. The van der Waals surface area contributed by atoms with Crippen LogP contribution in [0.25, 0.3) is 0 Å². The molecular weight excluding hydrogens is 188 g/mol. The minimum atomic E-state index is -1.24. The lowest BCUT2D eigenvalue weighted by molar-refractivity contribution is -0.176. The molecule has 1 saturated carbocycles. The first-order valence-corrected chi connectivity index (χ1v) is 4.88. The van der Waals surface area contributed by atoms with E-state index in [2.05, 4.69) is 0 Å². The molecule has 0 heterocycles. The Morgan fingerprint density at radius 3 is 2.29 bits per heavy atom. The molecule has 14 heavy (non-hydrogen) atoms. The summed E-state index contributed by atoms with van der Waals surface area (Å²) in [6.07, 6.45) is -3.53. The van der Waals surface area contributed by atoms with Gasteiger partial charge in [-0.3, -0.25) is 0 Å². The summed E-state index contributed by atoms with van der Waals surface area (Å²) < 4.78 is 5.21. The molecule has 5 atom stereocenters. The van der Waals surface area contributed by atoms with Crippen LogP contribution in [-0.2, 0) is 4.74 Å². The summed E-state index contributed by atoms with van der Waals surface area (Å²) in [7, 11) is 0. The number of aliphatic hydroxyl groups is 4. The number of hydrogen-bond acceptors (Lipinski definition) is 5. The highest BCUT2D eigenvalue weighted by atomic mass is 16.5.